The minimum absolute atomic E-state index is 0.220. The second-order valence-electron chi connectivity index (χ2n) is 4.10. The molecule has 6 nitrogen and oxygen atoms in total. The summed E-state index contributed by atoms with van der Waals surface area (Å²) >= 11 is 1.38. The molecule has 0 saturated heterocycles. The third-order valence-corrected chi connectivity index (χ3v) is 3.57. The molecule has 2 rings (SSSR count). The van der Waals surface area contributed by atoms with Gasteiger partial charge in [0.15, 0.2) is 0 Å². The Morgan fingerprint density at radius 1 is 1.33 bits per heavy atom. The van der Waals surface area contributed by atoms with Crippen LogP contribution < -0.4 is 11.1 Å². The van der Waals surface area contributed by atoms with Crippen molar-refractivity contribution >= 4 is 22.9 Å². The second-order valence-corrected chi connectivity index (χ2v) is 5.05. The van der Waals surface area contributed by atoms with Crippen molar-refractivity contribution in [2.45, 2.75) is 6.42 Å². The lowest BCUT2D eigenvalue weighted by Gasteiger charge is -2.04. The Kier molecular flexibility index (Phi) is 4.62. The van der Waals surface area contributed by atoms with Crippen molar-refractivity contribution in [3.8, 4) is 12.1 Å². The van der Waals surface area contributed by atoms with Gasteiger partial charge in [0.2, 0.25) is 0 Å². The number of nitriles is 2. The smallest absolute Gasteiger partial charge is 0.275 e. The summed E-state index contributed by atoms with van der Waals surface area (Å²) in [4.78, 5) is 16.2. The highest BCUT2D eigenvalue weighted by molar-refractivity contribution is 7.09. The zero-order chi connectivity index (χ0) is 15.2. The van der Waals surface area contributed by atoms with Crippen molar-refractivity contribution in [3.63, 3.8) is 0 Å². The van der Waals surface area contributed by atoms with Crippen LogP contribution in [0.25, 0.3) is 0 Å². The number of hydrogen-bond acceptors (Lipinski definition) is 6. The average Bonchev–Trinajstić information content (AvgIpc) is 2.96. The number of nitrogens with two attached hydrogens (primary N) is 1. The van der Waals surface area contributed by atoms with Gasteiger partial charge >= 0.3 is 0 Å². The van der Waals surface area contributed by atoms with Gasteiger partial charge in [0.25, 0.3) is 5.91 Å². The Morgan fingerprint density at radius 2 is 2.10 bits per heavy atom. The number of hydrogen-bond donors (Lipinski definition) is 2. The van der Waals surface area contributed by atoms with Crippen molar-refractivity contribution in [1.82, 2.24) is 4.98 Å². The normalized spacial score (nSPS) is 9.67. The highest BCUT2D eigenvalue weighted by Crippen LogP contribution is 2.16. The van der Waals surface area contributed by atoms with Gasteiger partial charge in [-0.2, -0.15) is 10.5 Å². The van der Waals surface area contributed by atoms with E-state index in [1.54, 1.807) is 11.4 Å². The number of benzene rings is 1. The third kappa shape index (κ3) is 3.42. The first-order chi connectivity index (χ1) is 10.2. The number of nitrogens with one attached hydrogen (secondary N) is 1. The number of nitrogens with zero attached hydrogens (tertiary/aromatic N) is 3. The van der Waals surface area contributed by atoms with E-state index in [1.165, 1.54) is 23.5 Å². The molecule has 0 spiro atoms. The molecule has 0 fully saturated rings. The summed E-state index contributed by atoms with van der Waals surface area (Å²) in [6, 6.07) is 8.37. The Labute approximate surface area is 125 Å². The van der Waals surface area contributed by atoms with E-state index in [-0.39, 0.29) is 17.0 Å². The highest BCUT2D eigenvalue weighted by Gasteiger charge is 2.12. The van der Waals surface area contributed by atoms with Gasteiger partial charge in [0.1, 0.15) is 17.8 Å². The van der Waals surface area contributed by atoms with E-state index in [0.717, 1.165) is 5.01 Å². The maximum atomic E-state index is 12.0. The average molecular weight is 297 g/mol. The maximum absolute atomic E-state index is 12.0. The summed E-state index contributed by atoms with van der Waals surface area (Å²) in [6.07, 6.45) is 0.632. The molecule has 0 aliphatic carbocycles. The van der Waals surface area contributed by atoms with Crippen molar-refractivity contribution in [2.24, 2.45) is 5.73 Å². The SMILES string of the molecule is N#Cc1ccc(NC(=O)c2csc(CCN)n2)cc1C#N. The van der Waals surface area contributed by atoms with Crippen LogP contribution in [0.1, 0.15) is 26.6 Å². The molecule has 7 heteroatoms. The quantitative estimate of drug-likeness (QED) is 0.890. The molecule has 0 bridgehead atoms. The highest BCUT2D eigenvalue weighted by atomic mass is 32.1. The monoisotopic (exact) mass is 297 g/mol. The predicted molar refractivity (Wildman–Crippen MR) is 78.7 cm³/mol. The summed E-state index contributed by atoms with van der Waals surface area (Å²) < 4.78 is 0. The van der Waals surface area contributed by atoms with Crippen LogP contribution in [0.3, 0.4) is 0 Å². The number of carbonyl (C=O) groups is 1. The Bertz CT molecular complexity index is 753. The first-order valence-electron chi connectivity index (χ1n) is 6.08. The molecule has 1 aromatic carbocycles. The van der Waals surface area contributed by atoms with E-state index in [4.69, 9.17) is 16.3 Å². The van der Waals surface area contributed by atoms with E-state index in [1.807, 2.05) is 12.1 Å². The van der Waals surface area contributed by atoms with Crippen LogP contribution in [-0.2, 0) is 6.42 Å². The van der Waals surface area contributed by atoms with Gasteiger partial charge in [-0.15, -0.1) is 11.3 Å². The molecule has 0 radical (unpaired) electrons. The topological polar surface area (TPSA) is 116 Å². The summed E-state index contributed by atoms with van der Waals surface area (Å²) in [5, 5.41) is 22.9. The van der Waals surface area contributed by atoms with Crippen LogP contribution in [0.2, 0.25) is 0 Å². The Hall–Kier alpha value is -2.74. The second kappa shape index (κ2) is 6.62. The van der Waals surface area contributed by atoms with E-state index in [0.29, 0.717) is 24.3 Å². The molecule has 1 amide bonds. The fraction of sp³-hybridized carbons (Fsp3) is 0.143. The number of anilines is 1. The van der Waals surface area contributed by atoms with Crippen molar-refractivity contribution in [1.29, 1.82) is 10.5 Å². The van der Waals surface area contributed by atoms with Gasteiger partial charge in [-0.1, -0.05) is 0 Å². The van der Waals surface area contributed by atoms with Gasteiger partial charge < -0.3 is 11.1 Å². The Balaban J connectivity index is 2.16. The molecule has 0 atom stereocenters. The standard InChI is InChI=1S/C14H11N5OS/c15-4-3-13-19-12(8-21-13)14(20)18-11-2-1-9(6-16)10(5-11)7-17/h1-2,5,8H,3-4,15H2,(H,18,20). The zero-order valence-electron chi connectivity index (χ0n) is 11.0. The van der Waals surface area contributed by atoms with E-state index in [2.05, 4.69) is 10.3 Å². The number of carbonyl (C=O) groups excluding carboxylic acids is 1. The molecule has 0 aliphatic rings. The number of amides is 1. The molecule has 21 heavy (non-hydrogen) atoms. The lowest BCUT2D eigenvalue weighted by atomic mass is 10.1. The predicted octanol–water partition coefficient (Wildman–Crippen LogP) is 1.64. The van der Waals surface area contributed by atoms with Crippen molar-refractivity contribution < 1.29 is 4.79 Å². The number of aromatic nitrogens is 1. The largest absolute Gasteiger partial charge is 0.330 e. The molecule has 0 unspecified atom stereocenters. The first-order valence-corrected chi connectivity index (χ1v) is 6.96. The minimum atomic E-state index is -0.358. The van der Waals surface area contributed by atoms with Crippen molar-refractivity contribution in [3.05, 3.63) is 45.4 Å². The van der Waals surface area contributed by atoms with E-state index in [9.17, 15) is 4.79 Å². The molecule has 1 heterocycles. The lowest BCUT2D eigenvalue weighted by Crippen LogP contribution is -2.13. The minimum Gasteiger partial charge on any atom is -0.330 e. The first kappa shape index (κ1) is 14.7. The van der Waals surface area contributed by atoms with Crippen molar-refractivity contribution in [2.75, 3.05) is 11.9 Å². The zero-order valence-corrected chi connectivity index (χ0v) is 11.8. The molecule has 0 aliphatic heterocycles. The summed E-state index contributed by atoms with van der Waals surface area (Å²) in [6.45, 7) is 0.482. The fourth-order valence-corrected chi connectivity index (χ4v) is 2.45. The molecule has 104 valence electrons. The van der Waals surface area contributed by atoms with Gasteiger partial charge in [-0.3, -0.25) is 4.79 Å². The Morgan fingerprint density at radius 3 is 2.76 bits per heavy atom. The third-order valence-electron chi connectivity index (χ3n) is 2.66. The van der Waals surface area contributed by atoms with Crippen LogP contribution in [0.15, 0.2) is 23.6 Å². The lowest BCUT2D eigenvalue weighted by molar-refractivity contribution is 0.102. The summed E-state index contributed by atoms with van der Waals surface area (Å²) in [5.74, 6) is -0.358. The van der Waals surface area contributed by atoms with Gasteiger partial charge in [0, 0.05) is 17.5 Å². The number of thiazole rings is 1. The van der Waals surface area contributed by atoms with Crippen LogP contribution >= 0.6 is 11.3 Å². The molecular formula is C14H11N5OS. The maximum Gasteiger partial charge on any atom is 0.275 e. The van der Waals surface area contributed by atoms with Crippen LogP contribution in [-0.4, -0.2) is 17.4 Å². The molecule has 3 N–H and O–H groups in total. The van der Waals surface area contributed by atoms with Gasteiger partial charge in [-0.25, -0.2) is 4.98 Å². The van der Waals surface area contributed by atoms with E-state index < -0.39 is 0 Å². The molecule has 2 aromatic rings. The summed E-state index contributed by atoms with van der Waals surface area (Å²) in [7, 11) is 0. The number of rotatable bonds is 4. The van der Waals surface area contributed by atoms with Crippen LogP contribution in [0.5, 0.6) is 0 Å². The molecule has 1 aromatic heterocycles. The van der Waals surface area contributed by atoms with Gasteiger partial charge in [-0.05, 0) is 24.7 Å². The van der Waals surface area contributed by atoms with Crippen LogP contribution in [0, 0.1) is 22.7 Å². The fourth-order valence-electron chi connectivity index (χ4n) is 1.66. The summed E-state index contributed by atoms with van der Waals surface area (Å²) in [5.41, 5.74) is 6.69. The molecular weight excluding hydrogens is 286 g/mol. The molecule has 0 saturated carbocycles. The van der Waals surface area contributed by atoms with E-state index >= 15 is 0 Å². The van der Waals surface area contributed by atoms with Gasteiger partial charge in [0.05, 0.1) is 16.1 Å². The van der Waals surface area contributed by atoms with Crippen LogP contribution in [0.4, 0.5) is 5.69 Å².